The molecule has 1 aromatic rings. The second kappa shape index (κ2) is 10.1. The lowest BCUT2D eigenvalue weighted by Gasteiger charge is -2.20. The number of amides is 2. The van der Waals surface area contributed by atoms with Crippen molar-refractivity contribution < 1.29 is 24.2 Å². The van der Waals surface area contributed by atoms with E-state index in [-0.39, 0.29) is 12.6 Å². The number of aliphatic carboxylic acids is 1. The molecule has 2 rings (SSSR count). The van der Waals surface area contributed by atoms with Crippen molar-refractivity contribution in [2.45, 2.75) is 26.4 Å². The molecule has 144 valence electrons. The van der Waals surface area contributed by atoms with Crippen LogP contribution in [-0.4, -0.2) is 61.5 Å². The summed E-state index contributed by atoms with van der Waals surface area (Å²) in [6.45, 7) is 5.08. The van der Waals surface area contributed by atoms with E-state index < -0.39 is 11.4 Å². The Bertz CT molecular complexity index is 581. The molecule has 1 saturated heterocycles. The molecule has 0 aliphatic carbocycles. The van der Waals surface area contributed by atoms with Gasteiger partial charge in [-0.15, -0.1) is 0 Å². The summed E-state index contributed by atoms with van der Waals surface area (Å²) in [4.78, 5) is 24.8. The maximum atomic E-state index is 12.0. The van der Waals surface area contributed by atoms with Crippen molar-refractivity contribution in [3.8, 4) is 0 Å². The van der Waals surface area contributed by atoms with E-state index in [1.54, 1.807) is 11.8 Å². The second-order valence-corrected chi connectivity index (χ2v) is 6.77. The van der Waals surface area contributed by atoms with Crippen LogP contribution in [0.4, 0.5) is 4.79 Å². The number of likely N-dealkylation sites (tertiary alicyclic amines) is 1. The summed E-state index contributed by atoms with van der Waals surface area (Å²) in [5.41, 5.74) is 0.302. The van der Waals surface area contributed by atoms with Gasteiger partial charge in [-0.2, -0.15) is 0 Å². The van der Waals surface area contributed by atoms with Crippen molar-refractivity contribution in [3.05, 3.63) is 35.9 Å². The minimum Gasteiger partial charge on any atom is -0.481 e. The van der Waals surface area contributed by atoms with Crippen LogP contribution in [0.15, 0.2) is 30.3 Å². The van der Waals surface area contributed by atoms with Crippen LogP contribution >= 0.6 is 0 Å². The van der Waals surface area contributed by atoms with Gasteiger partial charge in [-0.1, -0.05) is 30.3 Å². The number of nitrogens with one attached hydrogen (secondary N) is 1. The van der Waals surface area contributed by atoms with Crippen LogP contribution in [0.1, 0.15) is 25.3 Å². The van der Waals surface area contributed by atoms with Crippen molar-refractivity contribution in [2.75, 3.05) is 39.5 Å². The maximum absolute atomic E-state index is 12.0. The molecule has 1 atom stereocenters. The number of nitrogens with zero attached hydrogens (tertiary/aromatic N) is 1. The topological polar surface area (TPSA) is 88.1 Å². The Labute approximate surface area is 154 Å². The Kier molecular flexibility index (Phi) is 7.87. The lowest BCUT2D eigenvalue weighted by atomic mass is 9.90. The molecule has 1 aliphatic heterocycles. The highest BCUT2D eigenvalue weighted by Gasteiger charge is 2.42. The van der Waals surface area contributed by atoms with Crippen LogP contribution in [-0.2, 0) is 20.9 Å². The number of hydrogen-bond donors (Lipinski definition) is 2. The summed E-state index contributed by atoms with van der Waals surface area (Å²) in [7, 11) is 0. The number of hydrogen-bond acceptors (Lipinski definition) is 4. The Balaban J connectivity index is 1.45. The van der Waals surface area contributed by atoms with Gasteiger partial charge >= 0.3 is 12.0 Å². The quantitative estimate of drug-likeness (QED) is 0.621. The molecule has 1 unspecified atom stereocenters. The van der Waals surface area contributed by atoms with Gasteiger partial charge in [-0.05, 0) is 25.3 Å². The Morgan fingerprint density at radius 2 is 1.92 bits per heavy atom. The predicted octanol–water partition coefficient (Wildman–Crippen LogP) is 2.12. The van der Waals surface area contributed by atoms with Gasteiger partial charge in [-0.25, -0.2) is 4.79 Å². The molecule has 1 aromatic carbocycles. The van der Waals surface area contributed by atoms with E-state index >= 15 is 0 Å². The van der Waals surface area contributed by atoms with Crippen LogP contribution in [0.2, 0.25) is 0 Å². The zero-order chi connectivity index (χ0) is 18.8. The number of rotatable bonds is 10. The first-order valence-electron chi connectivity index (χ1n) is 8.97. The number of carboxylic acid groups (broad SMARTS) is 1. The third-order valence-electron chi connectivity index (χ3n) is 4.50. The van der Waals surface area contributed by atoms with E-state index in [0.29, 0.717) is 52.4 Å². The number of urea groups is 1. The van der Waals surface area contributed by atoms with E-state index in [4.69, 9.17) is 9.47 Å². The average molecular weight is 364 g/mol. The Morgan fingerprint density at radius 1 is 1.19 bits per heavy atom. The second-order valence-electron chi connectivity index (χ2n) is 6.77. The number of benzene rings is 1. The molecule has 2 N–H and O–H groups in total. The highest BCUT2D eigenvalue weighted by Crippen LogP contribution is 2.29. The van der Waals surface area contributed by atoms with Gasteiger partial charge in [0, 0.05) is 26.2 Å². The van der Waals surface area contributed by atoms with Crippen molar-refractivity contribution in [3.63, 3.8) is 0 Å². The largest absolute Gasteiger partial charge is 0.481 e. The van der Waals surface area contributed by atoms with Crippen LogP contribution in [0, 0.1) is 5.41 Å². The Hall–Kier alpha value is -2.12. The summed E-state index contributed by atoms with van der Waals surface area (Å²) < 4.78 is 11.0. The first kappa shape index (κ1) is 20.2. The molecule has 7 heteroatoms. The number of ether oxygens (including phenoxy) is 2. The fourth-order valence-corrected chi connectivity index (χ4v) is 2.77. The molecule has 0 radical (unpaired) electrons. The molecule has 1 aliphatic rings. The molecule has 7 nitrogen and oxygen atoms in total. The molecular formula is C19H28N2O5. The van der Waals surface area contributed by atoms with Crippen LogP contribution < -0.4 is 5.32 Å². The molecule has 2 amide bonds. The minimum atomic E-state index is -0.851. The first-order chi connectivity index (χ1) is 12.5. The van der Waals surface area contributed by atoms with E-state index in [1.165, 1.54) is 0 Å². The molecule has 0 saturated carbocycles. The molecule has 1 fully saturated rings. The third-order valence-corrected chi connectivity index (χ3v) is 4.50. The zero-order valence-electron chi connectivity index (χ0n) is 15.3. The van der Waals surface area contributed by atoms with E-state index in [1.807, 2.05) is 30.3 Å². The fraction of sp³-hybridized carbons (Fsp3) is 0.579. The molecule has 0 bridgehead atoms. The van der Waals surface area contributed by atoms with Gasteiger partial charge in [-0.3, -0.25) is 4.79 Å². The third kappa shape index (κ3) is 6.31. The highest BCUT2D eigenvalue weighted by molar-refractivity contribution is 5.79. The number of carboxylic acids is 1. The van der Waals surface area contributed by atoms with Crippen molar-refractivity contribution >= 4 is 12.0 Å². The standard InChI is InChI=1S/C19H28N2O5/c1-19(17(22)23)8-10-21(15-19)18(24)20-9-5-11-25-12-13-26-14-16-6-3-2-4-7-16/h2-4,6-7H,5,8-15H2,1H3,(H,20,24)(H,22,23). The summed E-state index contributed by atoms with van der Waals surface area (Å²) in [6, 6.07) is 9.76. The fourth-order valence-electron chi connectivity index (χ4n) is 2.77. The van der Waals surface area contributed by atoms with Gasteiger partial charge in [0.05, 0.1) is 25.2 Å². The van der Waals surface area contributed by atoms with Crippen LogP contribution in [0.25, 0.3) is 0 Å². The predicted molar refractivity (Wildman–Crippen MR) is 96.9 cm³/mol. The number of carbonyl (C=O) groups excluding carboxylic acids is 1. The minimum absolute atomic E-state index is 0.207. The SMILES string of the molecule is CC1(C(=O)O)CCN(C(=O)NCCCOCCOCc2ccccc2)C1. The van der Waals surface area contributed by atoms with Gasteiger partial charge in [0.15, 0.2) is 0 Å². The Morgan fingerprint density at radius 3 is 2.62 bits per heavy atom. The smallest absolute Gasteiger partial charge is 0.317 e. The maximum Gasteiger partial charge on any atom is 0.317 e. The van der Waals surface area contributed by atoms with Crippen LogP contribution in [0.3, 0.4) is 0 Å². The van der Waals surface area contributed by atoms with Gasteiger partial charge in [0.2, 0.25) is 0 Å². The molecule has 0 aromatic heterocycles. The van der Waals surface area contributed by atoms with Crippen molar-refractivity contribution in [1.82, 2.24) is 10.2 Å². The zero-order valence-corrected chi connectivity index (χ0v) is 15.3. The monoisotopic (exact) mass is 364 g/mol. The summed E-state index contributed by atoms with van der Waals surface area (Å²) in [6.07, 6.45) is 1.19. The molecule has 1 heterocycles. The van der Waals surface area contributed by atoms with Gasteiger partial charge in [0.1, 0.15) is 0 Å². The van der Waals surface area contributed by atoms with Crippen molar-refractivity contribution in [2.24, 2.45) is 5.41 Å². The molecular weight excluding hydrogens is 336 g/mol. The number of carbonyl (C=O) groups is 2. The van der Waals surface area contributed by atoms with E-state index in [2.05, 4.69) is 5.32 Å². The van der Waals surface area contributed by atoms with E-state index in [9.17, 15) is 14.7 Å². The molecule has 0 spiro atoms. The van der Waals surface area contributed by atoms with Gasteiger partial charge in [0.25, 0.3) is 0 Å². The highest BCUT2D eigenvalue weighted by atomic mass is 16.5. The first-order valence-corrected chi connectivity index (χ1v) is 8.97. The van der Waals surface area contributed by atoms with Gasteiger partial charge < -0.3 is 24.8 Å². The summed E-state index contributed by atoms with van der Waals surface area (Å²) in [5.74, 6) is -0.851. The lowest BCUT2D eigenvalue weighted by Crippen LogP contribution is -2.41. The van der Waals surface area contributed by atoms with Crippen LogP contribution in [0.5, 0.6) is 0 Å². The van der Waals surface area contributed by atoms with Crippen molar-refractivity contribution in [1.29, 1.82) is 0 Å². The van der Waals surface area contributed by atoms with E-state index in [0.717, 1.165) is 5.56 Å². The average Bonchev–Trinajstić information content (AvgIpc) is 3.05. The molecule has 26 heavy (non-hydrogen) atoms. The summed E-state index contributed by atoms with van der Waals surface area (Å²) in [5, 5.41) is 12.0. The lowest BCUT2D eigenvalue weighted by molar-refractivity contribution is -0.147. The summed E-state index contributed by atoms with van der Waals surface area (Å²) >= 11 is 0. The normalized spacial score (nSPS) is 19.5.